The summed E-state index contributed by atoms with van der Waals surface area (Å²) < 4.78 is 0. The van der Waals surface area contributed by atoms with Crippen LogP contribution in [0.5, 0.6) is 0 Å². The molecule has 1 aromatic carbocycles. The Labute approximate surface area is 89.9 Å². The predicted octanol–water partition coefficient (Wildman–Crippen LogP) is 2.97. The Bertz CT molecular complexity index is 299. The number of nitrogens with one attached hydrogen (secondary N) is 1. The van der Waals surface area contributed by atoms with Gasteiger partial charge in [0, 0.05) is 18.1 Å². The summed E-state index contributed by atoms with van der Waals surface area (Å²) in [6.45, 7) is 4.20. The third kappa shape index (κ3) is 1.98. The fraction of sp³-hybridized carbons (Fsp3) is 0.400. The second-order valence-electron chi connectivity index (χ2n) is 3.34. The molecule has 13 heavy (non-hydrogen) atoms. The van der Waals surface area contributed by atoms with E-state index in [1.54, 1.807) is 0 Å². The Hall–Kier alpha value is -0.240. The van der Waals surface area contributed by atoms with Crippen LogP contribution in [0.4, 0.5) is 0 Å². The van der Waals surface area contributed by atoms with Crippen LogP contribution >= 0.6 is 24.0 Å². The maximum Gasteiger partial charge on any atom is 0.0453 e. The molecule has 0 bridgehead atoms. The fourth-order valence-corrected chi connectivity index (χ4v) is 2.00. The molecule has 0 spiro atoms. The maximum atomic E-state index is 6.07. The van der Waals surface area contributed by atoms with Crippen molar-refractivity contribution in [2.24, 2.45) is 0 Å². The molecular formula is C10H13Cl2N. The van der Waals surface area contributed by atoms with Gasteiger partial charge in [0.1, 0.15) is 0 Å². The molecule has 1 unspecified atom stereocenters. The molecule has 2 rings (SSSR count). The lowest BCUT2D eigenvalue weighted by Crippen LogP contribution is -2.26. The van der Waals surface area contributed by atoms with Crippen molar-refractivity contribution in [2.75, 3.05) is 6.54 Å². The summed E-state index contributed by atoms with van der Waals surface area (Å²) in [7, 11) is 0. The third-order valence-corrected chi connectivity index (χ3v) is 2.79. The van der Waals surface area contributed by atoms with Gasteiger partial charge in [-0.3, -0.25) is 0 Å². The van der Waals surface area contributed by atoms with Crippen LogP contribution < -0.4 is 5.32 Å². The minimum atomic E-state index is 0. The van der Waals surface area contributed by atoms with E-state index >= 15 is 0 Å². The van der Waals surface area contributed by atoms with E-state index in [0.717, 1.165) is 18.1 Å². The summed E-state index contributed by atoms with van der Waals surface area (Å²) in [6.07, 6.45) is 0. The average molecular weight is 218 g/mol. The molecule has 1 aromatic rings. The highest BCUT2D eigenvalue weighted by atomic mass is 35.5. The summed E-state index contributed by atoms with van der Waals surface area (Å²) in [6, 6.07) is 6.16. The van der Waals surface area contributed by atoms with Crippen molar-refractivity contribution in [3.8, 4) is 0 Å². The van der Waals surface area contributed by atoms with Gasteiger partial charge in [-0.25, -0.2) is 0 Å². The Kier molecular flexibility index (Phi) is 3.60. The van der Waals surface area contributed by atoms with Gasteiger partial charge in [-0.05, 0) is 23.1 Å². The molecule has 0 radical (unpaired) electrons. The highest BCUT2D eigenvalue weighted by Crippen LogP contribution is 2.28. The first-order valence-electron chi connectivity index (χ1n) is 4.27. The lowest BCUT2D eigenvalue weighted by molar-refractivity contribution is 0.571. The zero-order chi connectivity index (χ0) is 8.55. The zero-order valence-corrected chi connectivity index (χ0v) is 9.08. The van der Waals surface area contributed by atoms with Gasteiger partial charge in [-0.15, -0.1) is 12.4 Å². The molecule has 0 fully saturated rings. The topological polar surface area (TPSA) is 12.0 Å². The van der Waals surface area contributed by atoms with Gasteiger partial charge < -0.3 is 5.32 Å². The predicted molar refractivity (Wildman–Crippen MR) is 58.8 cm³/mol. The van der Waals surface area contributed by atoms with E-state index in [4.69, 9.17) is 11.6 Å². The first-order chi connectivity index (χ1) is 5.79. The average Bonchev–Trinajstić information content (AvgIpc) is 2.07. The lowest BCUT2D eigenvalue weighted by Gasteiger charge is -2.23. The van der Waals surface area contributed by atoms with Crippen LogP contribution in [0.2, 0.25) is 5.02 Å². The van der Waals surface area contributed by atoms with Gasteiger partial charge in [0.2, 0.25) is 0 Å². The Morgan fingerprint density at radius 2 is 2.23 bits per heavy atom. The highest BCUT2D eigenvalue weighted by molar-refractivity contribution is 6.31. The third-order valence-electron chi connectivity index (χ3n) is 2.44. The quantitative estimate of drug-likeness (QED) is 0.705. The van der Waals surface area contributed by atoms with Crippen molar-refractivity contribution in [1.82, 2.24) is 5.32 Å². The van der Waals surface area contributed by atoms with Gasteiger partial charge in [-0.2, -0.15) is 0 Å². The molecule has 1 atom stereocenters. The second-order valence-corrected chi connectivity index (χ2v) is 3.75. The largest absolute Gasteiger partial charge is 0.312 e. The summed E-state index contributed by atoms with van der Waals surface area (Å²) in [5, 5.41) is 4.24. The number of rotatable bonds is 0. The molecular weight excluding hydrogens is 205 g/mol. The van der Waals surface area contributed by atoms with Crippen LogP contribution in [0, 0.1) is 0 Å². The Balaban J connectivity index is 0.000000845. The van der Waals surface area contributed by atoms with Gasteiger partial charge >= 0.3 is 0 Å². The van der Waals surface area contributed by atoms with Crippen LogP contribution in [0.3, 0.4) is 0 Å². The molecule has 1 N–H and O–H groups in total. The summed E-state index contributed by atoms with van der Waals surface area (Å²) in [5.41, 5.74) is 2.68. The number of hydrogen-bond acceptors (Lipinski definition) is 1. The van der Waals surface area contributed by atoms with E-state index in [9.17, 15) is 0 Å². The van der Waals surface area contributed by atoms with Crippen LogP contribution in [0.25, 0.3) is 0 Å². The molecule has 0 saturated heterocycles. The van der Waals surface area contributed by atoms with Crippen molar-refractivity contribution >= 4 is 24.0 Å². The van der Waals surface area contributed by atoms with Crippen LogP contribution in [-0.4, -0.2) is 6.54 Å². The number of benzene rings is 1. The maximum absolute atomic E-state index is 6.07. The standard InChI is InChI=1S/C10H12ClN.ClH/c1-7-5-12-6-9-8(7)3-2-4-10(9)11;/h2-4,7,12H,5-6H2,1H3;1H. The summed E-state index contributed by atoms with van der Waals surface area (Å²) >= 11 is 6.07. The Morgan fingerprint density at radius 1 is 1.46 bits per heavy atom. The van der Waals surface area contributed by atoms with Crippen molar-refractivity contribution < 1.29 is 0 Å². The van der Waals surface area contributed by atoms with Crippen LogP contribution in [0.1, 0.15) is 24.0 Å². The SMILES string of the molecule is CC1CNCc2c(Cl)cccc21.Cl. The van der Waals surface area contributed by atoms with Crippen molar-refractivity contribution in [3.63, 3.8) is 0 Å². The van der Waals surface area contributed by atoms with E-state index in [-0.39, 0.29) is 12.4 Å². The minimum absolute atomic E-state index is 0. The van der Waals surface area contributed by atoms with E-state index in [0.29, 0.717) is 5.92 Å². The molecule has 1 nitrogen and oxygen atoms in total. The summed E-state index contributed by atoms with van der Waals surface area (Å²) in [4.78, 5) is 0. The van der Waals surface area contributed by atoms with E-state index < -0.39 is 0 Å². The molecule has 0 aliphatic carbocycles. The number of fused-ring (bicyclic) bond motifs is 1. The molecule has 1 aliphatic heterocycles. The molecule has 1 aliphatic rings. The zero-order valence-electron chi connectivity index (χ0n) is 7.51. The van der Waals surface area contributed by atoms with Crippen LogP contribution in [-0.2, 0) is 6.54 Å². The molecule has 1 heterocycles. The molecule has 72 valence electrons. The number of hydrogen-bond donors (Lipinski definition) is 1. The molecule has 3 heteroatoms. The first-order valence-corrected chi connectivity index (χ1v) is 4.65. The van der Waals surface area contributed by atoms with Crippen molar-refractivity contribution in [2.45, 2.75) is 19.4 Å². The van der Waals surface area contributed by atoms with Crippen molar-refractivity contribution in [1.29, 1.82) is 0 Å². The molecule has 0 amide bonds. The van der Waals surface area contributed by atoms with Gasteiger partial charge in [0.15, 0.2) is 0 Å². The normalized spacial score (nSPS) is 20.3. The van der Waals surface area contributed by atoms with Gasteiger partial charge in [0.05, 0.1) is 0 Å². The second kappa shape index (κ2) is 4.32. The van der Waals surface area contributed by atoms with Crippen LogP contribution in [0.15, 0.2) is 18.2 Å². The van der Waals surface area contributed by atoms with Gasteiger partial charge in [0.25, 0.3) is 0 Å². The smallest absolute Gasteiger partial charge is 0.0453 e. The summed E-state index contributed by atoms with van der Waals surface area (Å²) in [5.74, 6) is 0.590. The molecule has 0 saturated carbocycles. The Morgan fingerprint density at radius 3 is 2.92 bits per heavy atom. The first kappa shape index (κ1) is 10.8. The van der Waals surface area contributed by atoms with E-state index in [1.165, 1.54) is 11.1 Å². The molecule has 0 aromatic heterocycles. The fourth-order valence-electron chi connectivity index (χ4n) is 1.75. The lowest BCUT2D eigenvalue weighted by atomic mass is 9.92. The van der Waals surface area contributed by atoms with Crippen molar-refractivity contribution in [3.05, 3.63) is 34.3 Å². The van der Waals surface area contributed by atoms with Gasteiger partial charge in [-0.1, -0.05) is 30.7 Å². The van der Waals surface area contributed by atoms with E-state index in [1.807, 2.05) is 12.1 Å². The number of halogens is 2. The highest BCUT2D eigenvalue weighted by Gasteiger charge is 2.16. The van der Waals surface area contributed by atoms with E-state index in [2.05, 4.69) is 18.3 Å². The monoisotopic (exact) mass is 217 g/mol. The minimum Gasteiger partial charge on any atom is -0.312 e.